The van der Waals surface area contributed by atoms with Crippen LogP contribution in [0.15, 0.2) is 84.2 Å². The Hall–Kier alpha value is -3.60. The number of aromatic nitrogens is 1. The Morgan fingerprint density at radius 1 is 0.829 bits per heavy atom. The second-order valence-electron chi connectivity index (χ2n) is 10.2. The molecule has 1 aliphatic heterocycles. The third-order valence-corrected chi connectivity index (χ3v) is 7.85. The molecular weight excluding hydrogens is 552 g/mol. The van der Waals surface area contributed by atoms with Crippen molar-refractivity contribution < 1.29 is 22.4 Å². The monoisotopic (exact) mass is 582 g/mol. The quantitative estimate of drug-likeness (QED) is 0.213. The van der Waals surface area contributed by atoms with Crippen LogP contribution in [0.4, 0.5) is 17.6 Å². The van der Waals surface area contributed by atoms with E-state index in [1.165, 1.54) is 35.1 Å². The van der Waals surface area contributed by atoms with Gasteiger partial charge in [-0.3, -0.25) is 14.6 Å². The maximum atomic E-state index is 13.5. The molecule has 1 aromatic heterocycles. The second-order valence-corrected chi connectivity index (χ2v) is 11.1. The van der Waals surface area contributed by atoms with Gasteiger partial charge in [-0.05, 0) is 34.9 Å². The minimum Gasteiger partial charge on any atom is -0.335 e. The molecule has 1 aliphatic rings. The van der Waals surface area contributed by atoms with Crippen LogP contribution in [0.5, 0.6) is 0 Å². The summed E-state index contributed by atoms with van der Waals surface area (Å²) in [6.07, 6.45) is -4.44. The van der Waals surface area contributed by atoms with Crippen molar-refractivity contribution in [2.45, 2.75) is 32.4 Å². The molecule has 0 aliphatic carbocycles. The van der Waals surface area contributed by atoms with Gasteiger partial charge in [-0.25, -0.2) is 9.37 Å². The maximum absolute atomic E-state index is 13.5. The molecular formula is C31H30F4N4OS. The lowest BCUT2D eigenvalue weighted by atomic mass is 10.1. The molecule has 5 nitrogen and oxygen atoms in total. The molecule has 0 spiro atoms. The van der Waals surface area contributed by atoms with Crippen LogP contribution in [0.2, 0.25) is 0 Å². The van der Waals surface area contributed by atoms with Gasteiger partial charge < -0.3 is 4.90 Å². The van der Waals surface area contributed by atoms with Crippen molar-refractivity contribution in [2.75, 3.05) is 26.2 Å². The lowest BCUT2D eigenvalue weighted by Crippen LogP contribution is -2.48. The zero-order valence-corrected chi connectivity index (χ0v) is 23.2. The third-order valence-electron chi connectivity index (χ3n) is 7.02. The molecule has 0 atom stereocenters. The molecule has 1 fully saturated rings. The molecule has 0 bridgehead atoms. The van der Waals surface area contributed by atoms with Crippen LogP contribution in [0.1, 0.15) is 37.7 Å². The summed E-state index contributed by atoms with van der Waals surface area (Å²) in [5, 5.41) is 2.43. The fourth-order valence-corrected chi connectivity index (χ4v) is 5.71. The Balaban J connectivity index is 1.24. The Morgan fingerprint density at radius 2 is 1.51 bits per heavy atom. The van der Waals surface area contributed by atoms with E-state index < -0.39 is 11.7 Å². The highest BCUT2D eigenvalue weighted by atomic mass is 32.1. The van der Waals surface area contributed by atoms with E-state index >= 15 is 0 Å². The third kappa shape index (κ3) is 8.00. The van der Waals surface area contributed by atoms with Gasteiger partial charge in [0.05, 0.1) is 12.1 Å². The van der Waals surface area contributed by atoms with Crippen LogP contribution in [0, 0.1) is 5.82 Å². The Labute approximate surface area is 240 Å². The first-order chi connectivity index (χ1) is 19.7. The topological polar surface area (TPSA) is 39.7 Å². The second kappa shape index (κ2) is 12.9. The van der Waals surface area contributed by atoms with Gasteiger partial charge in [0, 0.05) is 51.2 Å². The van der Waals surface area contributed by atoms with Crippen LogP contribution < -0.4 is 0 Å². The summed E-state index contributed by atoms with van der Waals surface area (Å²) < 4.78 is 53.3. The highest BCUT2D eigenvalue weighted by Crippen LogP contribution is 2.30. The first-order valence-corrected chi connectivity index (χ1v) is 14.2. The van der Waals surface area contributed by atoms with Gasteiger partial charge in [0.1, 0.15) is 16.5 Å². The molecule has 0 saturated carbocycles. The lowest BCUT2D eigenvalue weighted by molar-refractivity contribution is -0.137. The molecule has 5 rings (SSSR count). The predicted molar refractivity (Wildman–Crippen MR) is 151 cm³/mol. The molecule has 214 valence electrons. The number of carbonyl (C=O) groups is 1. The number of nitrogens with zero attached hydrogens (tertiary/aromatic N) is 4. The molecule has 2 heterocycles. The summed E-state index contributed by atoms with van der Waals surface area (Å²) in [4.78, 5) is 23.9. The Morgan fingerprint density at radius 3 is 2.22 bits per heavy atom. The summed E-state index contributed by atoms with van der Waals surface area (Å²) in [6.45, 7) is 4.57. The maximum Gasteiger partial charge on any atom is 0.416 e. The fourth-order valence-electron chi connectivity index (χ4n) is 4.91. The van der Waals surface area contributed by atoms with Crippen molar-refractivity contribution in [3.8, 4) is 0 Å². The standard InChI is InChI=1S/C31H30F4N4OS/c32-27-11-9-24(10-12-27)19-38(20-25-7-4-8-26(17-25)31(33,34)35)21-29-36-28(22-41-29)30(40)39-15-13-37(14-16-39)18-23-5-2-1-3-6-23/h1-12,17,22H,13-16,18-21H2. The van der Waals surface area contributed by atoms with Crippen molar-refractivity contribution in [1.82, 2.24) is 19.7 Å². The molecule has 0 N–H and O–H groups in total. The van der Waals surface area contributed by atoms with Gasteiger partial charge in [0.25, 0.3) is 5.91 Å². The number of carbonyl (C=O) groups excluding carboxylic acids is 1. The minimum absolute atomic E-state index is 0.116. The van der Waals surface area contributed by atoms with Gasteiger partial charge in [-0.2, -0.15) is 13.2 Å². The first-order valence-electron chi connectivity index (χ1n) is 13.4. The number of thiazole rings is 1. The van der Waals surface area contributed by atoms with Crippen molar-refractivity contribution in [3.05, 3.63) is 123 Å². The summed E-state index contributed by atoms with van der Waals surface area (Å²) in [5.41, 5.74) is 2.24. The zero-order chi connectivity index (χ0) is 28.8. The average molecular weight is 583 g/mol. The van der Waals surface area contributed by atoms with E-state index in [1.54, 1.807) is 23.6 Å². The molecule has 41 heavy (non-hydrogen) atoms. The number of alkyl halides is 3. The summed E-state index contributed by atoms with van der Waals surface area (Å²) in [5.74, 6) is -0.475. The summed E-state index contributed by atoms with van der Waals surface area (Å²) in [7, 11) is 0. The lowest BCUT2D eigenvalue weighted by Gasteiger charge is -2.34. The normalized spacial score (nSPS) is 14.5. The van der Waals surface area contributed by atoms with Gasteiger partial charge in [0.15, 0.2) is 0 Å². The average Bonchev–Trinajstić information content (AvgIpc) is 3.43. The highest BCUT2D eigenvalue weighted by molar-refractivity contribution is 7.09. The minimum atomic E-state index is -4.44. The van der Waals surface area contributed by atoms with Gasteiger partial charge in [0.2, 0.25) is 0 Å². The van der Waals surface area contributed by atoms with E-state index in [4.69, 9.17) is 0 Å². The van der Waals surface area contributed by atoms with Crippen molar-refractivity contribution in [3.63, 3.8) is 0 Å². The van der Waals surface area contributed by atoms with Crippen LogP contribution in [0.25, 0.3) is 0 Å². The molecule has 0 radical (unpaired) electrons. The molecule has 3 aromatic carbocycles. The van der Waals surface area contributed by atoms with E-state index in [0.717, 1.165) is 37.3 Å². The first kappa shape index (κ1) is 28.9. The predicted octanol–water partition coefficient (Wildman–Crippen LogP) is 6.46. The molecule has 10 heteroatoms. The van der Waals surface area contributed by atoms with Crippen LogP contribution >= 0.6 is 11.3 Å². The van der Waals surface area contributed by atoms with E-state index in [0.29, 0.717) is 42.4 Å². The number of hydrogen-bond acceptors (Lipinski definition) is 5. The zero-order valence-electron chi connectivity index (χ0n) is 22.4. The van der Waals surface area contributed by atoms with E-state index in [1.807, 2.05) is 28.0 Å². The largest absolute Gasteiger partial charge is 0.416 e. The highest BCUT2D eigenvalue weighted by Gasteiger charge is 2.30. The fraction of sp³-hybridized carbons (Fsp3) is 0.290. The smallest absolute Gasteiger partial charge is 0.335 e. The van der Waals surface area contributed by atoms with Crippen LogP contribution in [0.3, 0.4) is 0 Å². The number of amides is 1. The van der Waals surface area contributed by atoms with Crippen molar-refractivity contribution in [2.24, 2.45) is 0 Å². The number of rotatable bonds is 9. The molecule has 1 amide bonds. The number of piperazine rings is 1. The van der Waals surface area contributed by atoms with E-state index in [-0.39, 0.29) is 18.3 Å². The van der Waals surface area contributed by atoms with Gasteiger partial charge >= 0.3 is 6.18 Å². The molecule has 1 saturated heterocycles. The van der Waals surface area contributed by atoms with Crippen LogP contribution in [-0.4, -0.2) is 51.8 Å². The van der Waals surface area contributed by atoms with E-state index in [2.05, 4.69) is 22.0 Å². The molecule has 0 unspecified atom stereocenters. The number of hydrogen-bond donors (Lipinski definition) is 0. The Kier molecular flexibility index (Phi) is 9.12. The van der Waals surface area contributed by atoms with Gasteiger partial charge in [-0.1, -0.05) is 60.7 Å². The van der Waals surface area contributed by atoms with E-state index in [9.17, 15) is 22.4 Å². The number of benzene rings is 3. The number of halogens is 4. The van der Waals surface area contributed by atoms with Crippen molar-refractivity contribution >= 4 is 17.2 Å². The van der Waals surface area contributed by atoms with Crippen molar-refractivity contribution in [1.29, 1.82) is 0 Å². The van der Waals surface area contributed by atoms with Gasteiger partial charge in [-0.15, -0.1) is 11.3 Å². The Bertz CT molecular complexity index is 1430. The summed E-state index contributed by atoms with van der Waals surface area (Å²) in [6, 6.07) is 21.5. The van der Waals surface area contributed by atoms with Crippen LogP contribution in [-0.2, 0) is 32.4 Å². The SMILES string of the molecule is O=C(c1csc(CN(Cc2ccc(F)cc2)Cc2cccc(C(F)(F)F)c2)n1)N1CCN(Cc2ccccc2)CC1. The molecule has 4 aromatic rings. The summed E-state index contributed by atoms with van der Waals surface area (Å²) >= 11 is 1.35.